The first kappa shape index (κ1) is 24.0. The summed E-state index contributed by atoms with van der Waals surface area (Å²) in [4.78, 5) is 51.1. The lowest BCUT2D eigenvalue weighted by Gasteiger charge is -2.35. The number of carbonyl (C=O) groups excluding carboxylic acids is 4. The number of nitrogens with zero attached hydrogens (tertiary/aromatic N) is 1. The van der Waals surface area contributed by atoms with Gasteiger partial charge in [0.1, 0.15) is 24.5 Å². The van der Waals surface area contributed by atoms with Crippen LogP contribution < -0.4 is 5.32 Å². The molecule has 2 atom stereocenters. The third-order valence-electron chi connectivity index (χ3n) is 5.58. The average Bonchev–Trinajstić information content (AvgIpc) is 2.84. The fourth-order valence-electron chi connectivity index (χ4n) is 3.76. The predicted octanol–water partition coefficient (Wildman–Crippen LogP) is 2.78. The van der Waals surface area contributed by atoms with Crippen LogP contribution in [0.2, 0.25) is 0 Å². The number of hydrogen-bond donors (Lipinski definition) is 1. The fraction of sp³-hybridized carbons (Fsp3) is 0.360. The molecule has 0 bridgehead atoms. The standard InChI is InChI=1S/C25H28N2O6/c1-17(28)12-13-21(24(30)32-2)26-23(29)22-14-19-10-6-7-11-20(19)15-27(22)25(31)33-16-18-8-4-3-5-9-18/h3-11,21-22H,12-16H2,1-2H3,(H,26,29)/t21-,22+/m1/s1. The Labute approximate surface area is 192 Å². The Morgan fingerprint density at radius 1 is 1.03 bits per heavy atom. The zero-order chi connectivity index (χ0) is 23.8. The van der Waals surface area contributed by atoms with Crippen LogP contribution in [0.1, 0.15) is 36.5 Å². The summed E-state index contributed by atoms with van der Waals surface area (Å²) in [6.07, 6.45) is -0.0959. The van der Waals surface area contributed by atoms with Gasteiger partial charge in [-0.3, -0.25) is 9.69 Å². The Kier molecular flexibility index (Phi) is 8.18. The van der Waals surface area contributed by atoms with Gasteiger partial charge in [0.05, 0.1) is 13.7 Å². The summed E-state index contributed by atoms with van der Waals surface area (Å²) < 4.78 is 10.3. The number of ketones is 1. The Bertz CT molecular complexity index is 1010. The number of hydrogen-bond acceptors (Lipinski definition) is 6. The van der Waals surface area contributed by atoms with Gasteiger partial charge in [-0.15, -0.1) is 0 Å². The quantitative estimate of drug-likeness (QED) is 0.618. The monoisotopic (exact) mass is 452 g/mol. The van der Waals surface area contributed by atoms with Gasteiger partial charge in [0.2, 0.25) is 5.91 Å². The summed E-state index contributed by atoms with van der Waals surface area (Å²) >= 11 is 0. The van der Waals surface area contributed by atoms with Crippen molar-refractivity contribution in [1.29, 1.82) is 0 Å². The minimum atomic E-state index is -0.981. The Morgan fingerprint density at radius 2 is 1.70 bits per heavy atom. The molecule has 174 valence electrons. The molecule has 8 nitrogen and oxygen atoms in total. The van der Waals surface area contributed by atoms with Crippen LogP contribution >= 0.6 is 0 Å². The van der Waals surface area contributed by atoms with Gasteiger partial charge in [0.15, 0.2) is 0 Å². The van der Waals surface area contributed by atoms with Crippen LogP contribution in [-0.2, 0) is 43.4 Å². The first-order valence-electron chi connectivity index (χ1n) is 10.8. The molecule has 0 radical (unpaired) electrons. The Balaban J connectivity index is 1.77. The zero-order valence-corrected chi connectivity index (χ0v) is 18.8. The van der Waals surface area contributed by atoms with E-state index in [1.165, 1.54) is 18.9 Å². The number of esters is 1. The van der Waals surface area contributed by atoms with Crippen molar-refractivity contribution in [3.63, 3.8) is 0 Å². The number of carbonyl (C=O) groups is 4. The number of benzene rings is 2. The van der Waals surface area contributed by atoms with Crippen molar-refractivity contribution in [2.75, 3.05) is 7.11 Å². The van der Waals surface area contributed by atoms with Crippen LogP contribution in [0.25, 0.3) is 0 Å². The largest absolute Gasteiger partial charge is 0.467 e. The lowest BCUT2D eigenvalue weighted by atomic mass is 9.93. The molecule has 1 aliphatic rings. The molecule has 33 heavy (non-hydrogen) atoms. The maximum absolute atomic E-state index is 13.2. The van der Waals surface area contributed by atoms with Crippen molar-refractivity contribution >= 4 is 23.8 Å². The number of nitrogens with one attached hydrogen (secondary N) is 1. The molecule has 1 heterocycles. The van der Waals surface area contributed by atoms with Gasteiger partial charge in [0, 0.05) is 12.8 Å². The van der Waals surface area contributed by atoms with Crippen molar-refractivity contribution in [1.82, 2.24) is 10.2 Å². The van der Waals surface area contributed by atoms with Crippen molar-refractivity contribution in [3.8, 4) is 0 Å². The molecule has 1 aliphatic heterocycles. The predicted molar refractivity (Wildman–Crippen MR) is 120 cm³/mol. The second-order valence-electron chi connectivity index (χ2n) is 7.98. The van der Waals surface area contributed by atoms with Crippen molar-refractivity contribution in [3.05, 3.63) is 71.3 Å². The molecule has 0 aliphatic carbocycles. The average molecular weight is 453 g/mol. The summed E-state index contributed by atoms with van der Waals surface area (Å²) in [6, 6.07) is 15.0. The number of Topliss-reactive ketones (excluding diaryl/α,β-unsaturated/α-hetero) is 1. The minimum absolute atomic E-state index is 0.0789. The highest BCUT2D eigenvalue weighted by molar-refractivity contribution is 5.90. The van der Waals surface area contributed by atoms with E-state index in [1.807, 2.05) is 54.6 Å². The van der Waals surface area contributed by atoms with Crippen LogP contribution in [0.15, 0.2) is 54.6 Å². The topological polar surface area (TPSA) is 102 Å². The van der Waals surface area contributed by atoms with Crippen LogP contribution in [-0.4, -0.2) is 47.8 Å². The van der Waals surface area contributed by atoms with Gasteiger partial charge in [-0.2, -0.15) is 0 Å². The molecule has 0 aromatic heterocycles. The summed E-state index contributed by atoms with van der Waals surface area (Å²) in [5.74, 6) is -1.24. The van der Waals surface area contributed by atoms with E-state index in [9.17, 15) is 19.2 Å². The third-order valence-corrected chi connectivity index (χ3v) is 5.58. The summed E-state index contributed by atoms with van der Waals surface area (Å²) in [7, 11) is 1.22. The fourth-order valence-corrected chi connectivity index (χ4v) is 3.76. The maximum atomic E-state index is 13.2. The minimum Gasteiger partial charge on any atom is -0.467 e. The van der Waals surface area contributed by atoms with E-state index in [1.54, 1.807) is 0 Å². The number of amides is 2. The molecule has 0 unspecified atom stereocenters. The molecule has 0 saturated carbocycles. The molecular weight excluding hydrogens is 424 g/mol. The van der Waals surface area contributed by atoms with Gasteiger partial charge in [0.25, 0.3) is 0 Å². The van der Waals surface area contributed by atoms with Crippen molar-refractivity contribution in [2.24, 2.45) is 0 Å². The second-order valence-corrected chi connectivity index (χ2v) is 7.98. The molecule has 3 rings (SSSR count). The van der Waals surface area contributed by atoms with E-state index in [4.69, 9.17) is 9.47 Å². The first-order valence-corrected chi connectivity index (χ1v) is 10.8. The number of methoxy groups -OCH3 is 1. The van der Waals surface area contributed by atoms with E-state index in [0.29, 0.717) is 0 Å². The van der Waals surface area contributed by atoms with E-state index in [0.717, 1.165) is 16.7 Å². The van der Waals surface area contributed by atoms with E-state index >= 15 is 0 Å². The van der Waals surface area contributed by atoms with Crippen molar-refractivity contribution in [2.45, 2.75) is 51.4 Å². The molecule has 2 amide bonds. The maximum Gasteiger partial charge on any atom is 0.411 e. The Hall–Kier alpha value is -3.68. The molecule has 2 aromatic carbocycles. The molecule has 0 spiro atoms. The first-order chi connectivity index (χ1) is 15.9. The lowest BCUT2D eigenvalue weighted by Crippen LogP contribution is -2.55. The number of ether oxygens (including phenoxy) is 2. The van der Waals surface area contributed by atoms with Crippen LogP contribution in [0.4, 0.5) is 4.79 Å². The normalized spacial score (nSPS) is 15.7. The second kappa shape index (κ2) is 11.3. The number of rotatable bonds is 8. The van der Waals surface area contributed by atoms with Crippen LogP contribution in [0.5, 0.6) is 0 Å². The van der Waals surface area contributed by atoms with E-state index < -0.39 is 30.1 Å². The van der Waals surface area contributed by atoms with E-state index in [-0.39, 0.29) is 38.2 Å². The van der Waals surface area contributed by atoms with Crippen molar-refractivity contribution < 1.29 is 28.7 Å². The van der Waals surface area contributed by atoms with Gasteiger partial charge in [-0.05, 0) is 30.0 Å². The summed E-state index contributed by atoms with van der Waals surface area (Å²) in [5.41, 5.74) is 2.71. The summed E-state index contributed by atoms with van der Waals surface area (Å²) in [5, 5.41) is 2.67. The van der Waals surface area contributed by atoms with Crippen LogP contribution in [0.3, 0.4) is 0 Å². The highest BCUT2D eigenvalue weighted by Crippen LogP contribution is 2.25. The molecular formula is C25H28N2O6. The summed E-state index contributed by atoms with van der Waals surface area (Å²) in [6.45, 7) is 1.70. The van der Waals surface area contributed by atoms with Gasteiger partial charge in [-0.25, -0.2) is 9.59 Å². The molecule has 1 N–H and O–H groups in total. The van der Waals surface area contributed by atoms with Gasteiger partial charge < -0.3 is 19.6 Å². The highest BCUT2D eigenvalue weighted by Gasteiger charge is 2.37. The zero-order valence-electron chi connectivity index (χ0n) is 18.8. The van der Waals surface area contributed by atoms with Gasteiger partial charge >= 0.3 is 12.1 Å². The SMILES string of the molecule is COC(=O)[C@@H](CCC(C)=O)NC(=O)[C@@H]1Cc2ccccc2CN1C(=O)OCc1ccccc1. The smallest absolute Gasteiger partial charge is 0.411 e. The number of fused-ring (bicyclic) bond motifs is 1. The third kappa shape index (κ3) is 6.41. The highest BCUT2D eigenvalue weighted by atomic mass is 16.6. The molecule has 0 fully saturated rings. The van der Waals surface area contributed by atoms with E-state index in [2.05, 4.69) is 5.32 Å². The molecule has 2 aromatic rings. The molecule has 0 saturated heterocycles. The lowest BCUT2D eigenvalue weighted by molar-refractivity contribution is -0.146. The molecule has 8 heteroatoms. The van der Waals surface area contributed by atoms with Crippen LogP contribution in [0, 0.1) is 0 Å². The Morgan fingerprint density at radius 3 is 2.36 bits per heavy atom. The van der Waals surface area contributed by atoms with Gasteiger partial charge in [-0.1, -0.05) is 54.6 Å².